The van der Waals surface area contributed by atoms with Gasteiger partial charge in [0.1, 0.15) is 4.49 Å². The van der Waals surface area contributed by atoms with Gasteiger partial charge in [-0.25, -0.2) is 0 Å². The molecule has 1 rings (SSSR count). The summed E-state index contributed by atoms with van der Waals surface area (Å²) in [4.78, 5) is 10.8. The van der Waals surface area contributed by atoms with Crippen LogP contribution in [0.3, 0.4) is 0 Å². The van der Waals surface area contributed by atoms with Crippen LogP contribution in [0.15, 0.2) is 10.6 Å². The molecular formula is C9H12Cl2O2. The molecular weight excluding hydrogens is 211 g/mol. The minimum atomic E-state index is -0.852. The van der Waals surface area contributed by atoms with Crippen molar-refractivity contribution in [3.05, 3.63) is 10.6 Å². The van der Waals surface area contributed by atoms with Crippen molar-refractivity contribution in [2.45, 2.75) is 20.3 Å². The zero-order valence-corrected chi connectivity index (χ0v) is 9.06. The summed E-state index contributed by atoms with van der Waals surface area (Å²) in [5.41, 5.74) is 0.114. The van der Waals surface area contributed by atoms with Gasteiger partial charge in [0, 0.05) is 0 Å². The highest BCUT2D eigenvalue weighted by atomic mass is 35.5. The van der Waals surface area contributed by atoms with Gasteiger partial charge in [0.05, 0.1) is 5.92 Å². The van der Waals surface area contributed by atoms with E-state index in [4.69, 9.17) is 28.3 Å². The molecule has 0 heterocycles. The lowest BCUT2D eigenvalue weighted by atomic mass is 9.97. The van der Waals surface area contributed by atoms with Crippen LogP contribution < -0.4 is 0 Å². The van der Waals surface area contributed by atoms with Crippen LogP contribution in [0.2, 0.25) is 0 Å². The molecule has 1 aliphatic rings. The summed E-state index contributed by atoms with van der Waals surface area (Å²) in [6.07, 6.45) is 2.33. The van der Waals surface area contributed by atoms with E-state index in [0.29, 0.717) is 0 Å². The topological polar surface area (TPSA) is 37.3 Å². The maximum atomic E-state index is 10.8. The van der Waals surface area contributed by atoms with Gasteiger partial charge in [-0.2, -0.15) is 0 Å². The van der Waals surface area contributed by atoms with Crippen LogP contribution in [0.25, 0.3) is 0 Å². The molecule has 2 atom stereocenters. The smallest absolute Gasteiger partial charge is 0.310 e. The van der Waals surface area contributed by atoms with Crippen molar-refractivity contribution >= 4 is 29.2 Å². The number of hydrogen-bond donors (Lipinski definition) is 1. The minimum Gasteiger partial charge on any atom is -0.481 e. The van der Waals surface area contributed by atoms with E-state index in [1.807, 2.05) is 13.8 Å². The summed E-state index contributed by atoms with van der Waals surface area (Å²) in [7, 11) is 0. The second-order valence-corrected chi connectivity index (χ2v) is 5.13. The van der Waals surface area contributed by atoms with Crippen molar-refractivity contribution in [3.63, 3.8) is 0 Å². The van der Waals surface area contributed by atoms with Crippen molar-refractivity contribution < 1.29 is 9.90 Å². The average molecular weight is 223 g/mol. The number of carbonyl (C=O) groups is 1. The summed E-state index contributed by atoms with van der Waals surface area (Å²) >= 11 is 10.9. The third kappa shape index (κ3) is 2.61. The first-order chi connectivity index (χ1) is 5.84. The summed E-state index contributed by atoms with van der Waals surface area (Å²) in [6.45, 7) is 4.09. The van der Waals surface area contributed by atoms with Crippen LogP contribution in [0.5, 0.6) is 0 Å². The Kier molecular flexibility index (Phi) is 2.93. The molecule has 0 aliphatic heterocycles. The maximum Gasteiger partial charge on any atom is 0.310 e. The van der Waals surface area contributed by atoms with E-state index in [1.165, 1.54) is 6.08 Å². The largest absolute Gasteiger partial charge is 0.481 e. The van der Waals surface area contributed by atoms with Crippen molar-refractivity contribution in [2.75, 3.05) is 0 Å². The lowest BCUT2D eigenvalue weighted by Gasteiger charge is -2.09. The van der Waals surface area contributed by atoms with Crippen LogP contribution in [0, 0.1) is 17.3 Å². The highest BCUT2D eigenvalue weighted by molar-refractivity contribution is 6.55. The second kappa shape index (κ2) is 3.50. The third-order valence-corrected chi connectivity index (χ3v) is 2.87. The van der Waals surface area contributed by atoms with Crippen molar-refractivity contribution in [1.29, 1.82) is 0 Å². The summed E-state index contributed by atoms with van der Waals surface area (Å²) < 4.78 is 0.0371. The third-order valence-electron chi connectivity index (χ3n) is 2.61. The number of rotatable bonds is 3. The Balaban J connectivity index is 2.72. The van der Waals surface area contributed by atoms with Gasteiger partial charge in [0.2, 0.25) is 0 Å². The van der Waals surface area contributed by atoms with Gasteiger partial charge in [-0.3, -0.25) is 4.79 Å². The molecule has 1 N–H and O–H groups in total. The molecule has 2 nitrogen and oxygen atoms in total. The zero-order chi connectivity index (χ0) is 10.2. The van der Waals surface area contributed by atoms with Gasteiger partial charge in [-0.05, 0) is 23.8 Å². The Bertz CT molecular complexity index is 254. The number of carboxylic acids is 1. The monoisotopic (exact) mass is 222 g/mol. The van der Waals surface area contributed by atoms with E-state index < -0.39 is 11.9 Å². The molecule has 74 valence electrons. The maximum absolute atomic E-state index is 10.8. The Labute approximate surface area is 87.5 Å². The lowest BCUT2D eigenvalue weighted by Crippen LogP contribution is -2.16. The van der Waals surface area contributed by atoms with Crippen molar-refractivity contribution in [2.24, 2.45) is 17.3 Å². The molecule has 13 heavy (non-hydrogen) atoms. The summed E-state index contributed by atoms with van der Waals surface area (Å²) in [5, 5.41) is 8.90. The molecule has 1 saturated carbocycles. The number of carboxylic acid groups (broad SMARTS) is 1. The molecule has 0 aromatic carbocycles. The number of aliphatic carboxylic acids is 1. The Hall–Kier alpha value is -0.210. The van der Waals surface area contributed by atoms with Crippen molar-refractivity contribution in [3.8, 4) is 0 Å². The Morgan fingerprint density at radius 1 is 1.62 bits per heavy atom. The molecule has 1 fully saturated rings. The molecule has 2 unspecified atom stereocenters. The fraction of sp³-hybridized carbons (Fsp3) is 0.667. The van der Waals surface area contributed by atoms with Crippen molar-refractivity contribution in [1.82, 2.24) is 0 Å². The molecule has 0 amide bonds. The summed E-state index contributed by atoms with van der Waals surface area (Å²) in [6, 6.07) is 0. The predicted molar refractivity (Wildman–Crippen MR) is 52.8 cm³/mol. The first-order valence-corrected chi connectivity index (χ1v) is 4.86. The van der Waals surface area contributed by atoms with E-state index in [-0.39, 0.29) is 15.8 Å². The molecule has 1 aliphatic carbocycles. The molecule has 0 spiro atoms. The van der Waals surface area contributed by atoms with E-state index >= 15 is 0 Å². The van der Waals surface area contributed by atoms with Crippen LogP contribution in [-0.4, -0.2) is 11.1 Å². The molecule has 0 saturated heterocycles. The molecule has 0 radical (unpaired) electrons. The average Bonchev–Trinajstić information content (AvgIpc) is 2.53. The van der Waals surface area contributed by atoms with E-state index in [9.17, 15) is 4.79 Å². The zero-order valence-electron chi connectivity index (χ0n) is 7.55. The van der Waals surface area contributed by atoms with Gasteiger partial charge in [0.15, 0.2) is 0 Å². The normalized spacial score (nSPS) is 26.3. The number of hydrogen-bond acceptors (Lipinski definition) is 1. The molecule has 0 aromatic rings. The van der Waals surface area contributed by atoms with Crippen LogP contribution in [0.1, 0.15) is 20.3 Å². The fourth-order valence-corrected chi connectivity index (χ4v) is 1.89. The van der Waals surface area contributed by atoms with E-state index in [1.54, 1.807) is 0 Å². The van der Waals surface area contributed by atoms with Gasteiger partial charge in [-0.15, -0.1) is 0 Å². The highest BCUT2D eigenvalue weighted by Gasteiger charge is 2.51. The second-order valence-electron chi connectivity index (χ2n) is 4.12. The van der Waals surface area contributed by atoms with Gasteiger partial charge in [-0.1, -0.05) is 37.0 Å². The van der Waals surface area contributed by atoms with E-state index in [2.05, 4.69) is 0 Å². The highest BCUT2D eigenvalue weighted by Crippen LogP contribution is 2.56. The molecule has 0 bridgehead atoms. The SMILES string of the molecule is CC1(C)CC1C(C=C(Cl)Cl)C(=O)O. The minimum absolute atomic E-state index is 0.0371. The van der Waals surface area contributed by atoms with E-state index in [0.717, 1.165) is 6.42 Å². The van der Waals surface area contributed by atoms with Crippen LogP contribution >= 0.6 is 23.2 Å². The quantitative estimate of drug-likeness (QED) is 0.798. The Morgan fingerprint density at radius 2 is 2.08 bits per heavy atom. The predicted octanol–water partition coefficient (Wildman–Crippen LogP) is 3.05. The van der Waals surface area contributed by atoms with Crippen LogP contribution in [0.4, 0.5) is 0 Å². The molecule has 0 aromatic heterocycles. The number of halogens is 2. The van der Waals surface area contributed by atoms with Gasteiger partial charge in [0.25, 0.3) is 0 Å². The lowest BCUT2D eigenvalue weighted by molar-refractivity contribution is -0.140. The standard InChI is InChI=1S/C9H12Cl2O2/c1-9(2)4-6(9)5(8(12)13)3-7(10)11/h3,5-6H,4H2,1-2H3,(H,12,13). The fourth-order valence-electron chi connectivity index (χ4n) is 1.62. The van der Waals surface area contributed by atoms with Gasteiger partial charge < -0.3 is 5.11 Å². The summed E-state index contributed by atoms with van der Waals surface area (Å²) in [5.74, 6) is -1.23. The van der Waals surface area contributed by atoms with Gasteiger partial charge >= 0.3 is 5.97 Å². The first-order valence-electron chi connectivity index (χ1n) is 4.10. The first kappa shape index (κ1) is 10.9. The Morgan fingerprint density at radius 3 is 2.31 bits per heavy atom. The van der Waals surface area contributed by atoms with Crippen LogP contribution in [-0.2, 0) is 4.79 Å². The molecule has 4 heteroatoms.